The maximum Gasteiger partial charge on any atom is 0.0571 e. The summed E-state index contributed by atoms with van der Waals surface area (Å²) in [6.45, 7) is 0.618. The lowest BCUT2D eigenvalue weighted by molar-refractivity contribution is 0.707. The summed E-state index contributed by atoms with van der Waals surface area (Å²) in [4.78, 5) is 0. The van der Waals surface area contributed by atoms with Crippen LogP contribution in [0, 0.1) is 0 Å². The zero-order valence-corrected chi connectivity index (χ0v) is 9.91. The second kappa shape index (κ2) is 4.68. The lowest BCUT2D eigenvalue weighted by Crippen LogP contribution is -2.08. The molecule has 0 fully saturated rings. The molecule has 2 aromatic rings. The summed E-state index contributed by atoms with van der Waals surface area (Å²) in [5.74, 6) is 0. The van der Waals surface area contributed by atoms with Crippen LogP contribution in [0.2, 0.25) is 5.02 Å². The lowest BCUT2D eigenvalue weighted by atomic mass is 10.1. The molecule has 1 heterocycles. The maximum absolute atomic E-state index is 5.98. The Kier molecular flexibility index (Phi) is 3.27. The molecular weight excluding hydrogens is 222 g/mol. The van der Waals surface area contributed by atoms with Gasteiger partial charge in [0.15, 0.2) is 0 Å². The van der Waals surface area contributed by atoms with Crippen molar-refractivity contribution >= 4 is 11.6 Å². The molecule has 0 saturated heterocycles. The molecule has 0 spiro atoms. The topological polar surface area (TPSA) is 43.8 Å². The van der Waals surface area contributed by atoms with Crippen molar-refractivity contribution in [1.29, 1.82) is 0 Å². The van der Waals surface area contributed by atoms with E-state index in [9.17, 15) is 0 Å². The van der Waals surface area contributed by atoms with Crippen LogP contribution in [0.4, 0.5) is 0 Å². The first-order valence-electron chi connectivity index (χ1n) is 5.19. The fraction of sp³-hybridized carbons (Fsp3) is 0.250. The fourth-order valence-electron chi connectivity index (χ4n) is 1.79. The van der Waals surface area contributed by atoms with E-state index in [1.807, 2.05) is 42.2 Å². The van der Waals surface area contributed by atoms with Gasteiger partial charge in [0.25, 0.3) is 0 Å². The van der Waals surface area contributed by atoms with Gasteiger partial charge in [-0.25, -0.2) is 0 Å². The summed E-state index contributed by atoms with van der Waals surface area (Å²) >= 11 is 5.98. The number of nitrogens with zero attached hydrogens (tertiary/aromatic N) is 2. The van der Waals surface area contributed by atoms with Crippen molar-refractivity contribution in [2.24, 2.45) is 12.8 Å². The molecule has 84 valence electrons. The van der Waals surface area contributed by atoms with E-state index in [0.717, 1.165) is 28.3 Å². The van der Waals surface area contributed by atoms with Crippen LogP contribution in [0.25, 0.3) is 11.1 Å². The summed E-state index contributed by atoms with van der Waals surface area (Å²) in [5.41, 5.74) is 8.94. The molecule has 0 saturated carbocycles. The molecule has 0 aliphatic rings. The van der Waals surface area contributed by atoms with Gasteiger partial charge in [-0.2, -0.15) is 5.10 Å². The van der Waals surface area contributed by atoms with Crippen LogP contribution in [-0.2, 0) is 13.5 Å². The largest absolute Gasteiger partial charge is 0.330 e. The molecular formula is C12H14ClN3. The molecule has 3 nitrogen and oxygen atoms in total. The molecule has 0 bridgehead atoms. The summed E-state index contributed by atoms with van der Waals surface area (Å²) in [6, 6.07) is 7.78. The molecule has 1 aromatic heterocycles. The first-order valence-corrected chi connectivity index (χ1v) is 5.57. The van der Waals surface area contributed by atoms with E-state index in [1.54, 1.807) is 0 Å². The van der Waals surface area contributed by atoms with E-state index in [4.69, 9.17) is 17.3 Å². The fourth-order valence-corrected chi connectivity index (χ4v) is 1.98. The third kappa shape index (κ3) is 2.10. The minimum Gasteiger partial charge on any atom is -0.330 e. The molecule has 0 atom stereocenters. The first kappa shape index (κ1) is 11.2. The van der Waals surface area contributed by atoms with Crippen LogP contribution in [0.15, 0.2) is 30.5 Å². The van der Waals surface area contributed by atoms with Crippen molar-refractivity contribution in [3.63, 3.8) is 0 Å². The van der Waals surface area contributed by atoms with Gasteiger partial charge < -0.3 is 5.73 Å². The minimum atomic E-state index is 0.618. The van der Waals surface area contributed by atoms with Crippen molar-refractivity contribution in [3.05, 3.63) is 41.2 Å². The number of nitrogens with two attached hydrogens (primary N) is 1. The zero-order valence-electron chi connectivity index (χ0n) is 9.15. The number of aryl methyl sites for hydroxylation is 1. The summed E-state index contributed by atoms with van der Waals surface area (Å²) in [7, 11) is 1.93. The number of hydrogen-bond acceptors (Lipinski definition) is 2. The van der Waals surface area contributed by atoms with Gasteiger partial charge >= 0.3 is 0 Å². The predicted octanol–water partition coefficient (Wildman–Crippen LogP) is 2.24. The molecule has 0 aliphatic carbocycles. The Morgan fingerprint density at radius 2 is 2.25 bits per heavy atom. The van der Waals surface area contributed by atoms with Gasteiger partial charge in [-0.05, 0) is 24.2 Å². The number of halogens is 1. The Balaban J connectivity index is 2.47. The molecule has 2 rings (SSSR count). The highest BCUT2D eigenvalue weighted by Gasteiger charge is 2.09. The van der Waals surface area contributed by atoms with Crippen molar-refractivity contribution in [3.8, 4) is 11.1 Å². The van der Waals surface area contributed by atoms with Crippen molar-refractivity contribution in [1.82, 2.24) is 9.78 Å². The quantitative estimate of drug-likeness (QED) is 0.887. The Bertz CT molecular complexity index is 491. The van der Waals surface area contributed by atoms with Crippen LogP contribution in [0.1, 0.15) is 5.69 Å². The lowest BCUT2D eigenvalue weighted by Gasteiger charge is -2.05. The van der Waals surface area contributed by atoms with Gasteiger partial charge in [-0.3, -0.25) is 4.68 Å². The van der Waals surface area contributed by atoms with Crippen LogP contribution < -0.4 is 5.73 Å². The molecule has 1 aromatic carbocycles. The summed E-state index contributed by atoms with van der Waals surface area (Å²) in [5, 5.41) is 5.00. The van der Waals surface area contributed by atoms with Gasteiger partial charge in [0.05, 0.1) is 6.20 Å². The third-order valence-corrected chi connectivity index (χ3v) is 2.81. The van der Waals surface area contributed by atoms with Crippen molar-refractivity contribution < 1.29 is 0 Å². The molecule has 0 unspecified atom stereocenters. The molecule has 4 heteroatoms. The third-order valence-electron chi connectivity index (χ3n) is 2.58. The van der Waals surface area contributed by atoms with Crippen LogP contribution in [0.5, 0.6) is 0 Å². The predicted molar refractivity (Wildman–Crippen MR) is 66.4 cm³/mol. The zero-order chi connectivity index (χ0) is 11.5. The molecule has 0 radical (unpaired) electrons. The highest BCUT2D eigenvalue weighted by Crippen LogP contribution is 2.25. The Labute approximate surface area is 99.8 Å². The Morgan fingerprint density at radius 1 is 1.44 bits per heavy atom. The van der Waals surface area contributed by atoms with Crippen LogP contribution in [-0.4, -0.2) is 16.3 Å². The minimum absolute atomic E-state index is 0.618. The highest BCUT2D eigenvalue weighted by molar-refractivity contribution is 6.30. The highest BCUT2D eigenvalue weighted by atomic mass is 35.5. The molecule has 16 heavy (non-hydrogen) atoms. The normalized spacial score (nSPS) is 10.7. The van der Waals surface area contributed by atoms with Crippen LogP contribution >= 0.6 is 11.6 Å². The number of hydrogen-bond donors (Lipinski definition) is 1. The molecule has 0 aliphatic heterocycles. The monoisotopic (exact) mass is 235 g/mol. The van der Waals surface area contributed by atoms with Gasteiger partial charge in [0.2, 0.25) is 0 Å². The van der Waals surface area contributed by atoms with E-state index in [0.29, 0.717) is 6.54 Å². The average molecular weight is 236 g/mol. The smallest absolute Gasteiger partial charge is 0.0571 e. The number of benzene rings is 1. The number of aromatic nitrogens is 2. The first-order chi connectivity index (χ1) is 7.72. The van der Waals surface area contributed by atoms with Crippen molar-refractivity contribution in [2.75, 3.05) is 6.54 Å². The van der Waals surface area contributed by atoms with Gasteiger partial charge in [0.1, 0.15) is 0 Å². The SMILES string of the molecule is Cn1ncc(-c2cccc(Cl)c2)c1CCN. The van der Waals surface area contributed by atoms with Gasteiger partial charge in [-0.15, -0.1) is 0 Å². The Hall–Kier alpha value is -1.32. The average Bonchev–Trinajstić information content (AvgIpc) is 2.61. The van der Waals surface area contributed by atoms with E-state index in [2.05, 4.69) is 5.10 Å². The van der Waals surface area contributed by atoms with Gasteiger partial charge in [0, 0.05) is 29.7 Å². The molecule has 0 amide bonds. The van der Waals surface area contributed by atoms with Crippen LogP contribution in [0.3, 0.4) is 0 Å². The number of rotatable bonds is 3. The molecule has 2 N–H and O–H groups in total. The van der Waals surface area contributed by atoms with E-state index < -0.39 is 0 Å². The Morgan fingerprint density at radius 3 is 2.94 bits per heavy atom. The van der Waals surface area contributed by atoms with E-state index in [1.165, 1.54) is 0 Å². The van der Waals surface area contributed by atoms with E-state index in [-0.39, 0.29) is 0 Å². The van der Waals surface area contributed by atoms with E-state index >= 15 is 0 Å². The van der Waals surface area contributed by atoms with Gasteiger partial charge in [-0.1, -0.05) is 23.7 Å². The second-order valence-corrected chi connectivity index (χ2v) is 4.11. The van der Waals surface area contributed by atoms with Crippen molar-refractivity contribution in [2.45, 2.75) is 6.42 Å². The standard InChI is InChI=1S/C12H14ClN3/c1-16-12(5-6-14)11(8-15-16)9-3-2-4-10(13)7-9/h2-4,7-8H,5-6,14H2,1H3. The summed E-state index contributed by atoms with van der Waals surface area (Å²) in [6.07, 6.45) is 2.68. The second-order valence-electron chi connectivity index (χ2n) is 3.68. The summed E-state index contributed by atoms with van der Waals surface area (Å²) < 4.78 is 1.86. The maximum atomic E-state index is 5.98.